The molecule has 0 saturated heterocycles. The van der Waals surface area contributed by atoms with Crippen molar-refractivity contribution in [1.29, 1.82) is 0 Å². The first-order chi connectivity index (χ1) is 15.9. The fraction of sp³-hybridized carbons (Fsp3) is 0.125. The van der Waals surface area contributed by atoms with E-state index in [4.69, 9.17) is 9.26 Å². The summed E-state index contributed by atoms with van der Waals surface area (Å²) in [5, 5.41) is 3.91. The van der Waals surface area contributed by atoms with Gasteiger partial charge in [0.25, 0.3) is 15.9 Å². The van der Waals surface area contributed by atoms with Crippen molar-refractivity contribution in [2.75, 3.05) is 4.72 Å². The van der Waals surface area contributed by atoms with Gasteiger partial charge in [0, 0.05) is 11.3 Å². The molecular formula is C24H21N3O5S. The van der Waals surface area contributed by atoms with Gasteiger partial charge < -0.3 is 9.26 Å². The summed E-state index contributed by atoms with van der Waals surface area (Å²) in [7, 11) is -3.77. The number of aryl methyl sites for hydroxylation is 1. The van der Waals surface area contributed by atoms with Gasteiger partial charge in [-0.25, -0.2) is 13.2 Å². The number of para-hydroxylation sites is 1. The molecule has 0 bridgehead atoms. The van der Waals surface area contributed by atoms with Crippen molar-refractivity contribution in [1.82, 2.24) is 10.1 Å². The Hall–Kier alpha value is -3.98. The van der Waals surface area contributed by atoms with Crippen LogP contribution in [0.2, 0.25) is 0 Å². The smallest absolute Gasteiger partial charge is 0.338 e. The molecule has 0 saturated carbocycles. The van der Waals surface area contributed by atoms with Crippen LogP contribution < -0.4 is 4.72 Å². The SMILES string of the molecule is CCc1ccc(-c2noc(COC(=O)c3ccc(S(=O)(=O)Nc4ccccc4)cc3)n2)cc1. The summed E-state index contributed by atoms with van der Waals surface area (Å²) in [6, 6.07) is 21.8. The molecule has 0 unspecified atom stereocenters. The van der Waals surface area contributed by atoms with Gasteiger partial charge in [-0.15, -0.1) is 0 Å². The van der Waals surface area contributed by atoms with Crippen LogP contribution in [0, 0.1) is 0 Å². The Morgan fingerprint density at radius 3 is 2.33 bits per heavy atom. The molecule has 9 heteroatoms. The maximum absolute atomic E-state index is 12.5. The van der Waals surface area contributed by atoms with E-state index in [1.165, 1.54) is 29.8 Å². The molecule has 3 aromatic carbocycles. The molecule has 0 fully saturated rings. The molecule has 8 nitrogen and oxygen atoms in total. The van der Waals surface area contributed by atoms with Gasteiger partial charge in [0.15, 0.2) is 6.61 Å². The lowest BCUT2D eigenvalue weighted by Crippen LogP contribution is -2.13. The molecule has 0 aliphatic rings. The van der Waals surface area contributed by atoms with Crippen molar-refractivity contribution in [2.24, 2.45) is 0 Å². The van der Waals surface area contributed by atoms with Gasteiger partial charge in [-0.3, -0.25) is 4.72 Å². The van der Waals surface area contributed by atoms with E-state index in [2.05, 4.69) is 21.8 Å². The average Bonchev–Trinajstić information content (AvgIpc) is 3.32. The van der Waals surface area contributed by atoms with E-state index in [0.29, 0.717) is 11.5 Å². The van der Waals surface area contributed by atoms with E-state index >= 15 is 0 Å². The minimum absolute atomic E-state index is 0.0264. The fourth-order valence-corrected chi connectivity index (χ4v) is 4.08. The van der Waals surface area contributed by atoms with Crippen molar-refractivity contribution in [3.8, 4) is 11.4 Å². The first-order valence-electron chi connectivity index (χ1n) is 10.2. The lowest BCUT2D eigenvalue weighted by Gasteiger charge is -2.08. The Morgan fingerprint density at radius 2 is 1.67 bits per heavy atom. The van der Waals surface area contributed by atoms with Crippen molar-refractivity contribution >= 4 is 21.7 Å². The van der Waals surface area contributed by atoms with Crippen LogP contribution in [0.3, 0.4) is 0 Å². The van der Waals surface area contributed by atoms with E-state index in [-0.39, 0.29) is 23.0 Å². The highest BCUT2D eigenvalue weighted by Gasteiger charge is 2.17. The number of ether oxygens (including phenoxy) is 1. The third-order valence-corrected chi connectivity index (χ3v) is 6.24. The summed E-state index contributed by atoms with van der Waals surface area (Å²) in [5.74, 6) is -0.0737. The largest absolute Gasteiger partial charge is 0.452 e. The average molecular weight is 464 g/mol. The molecule has 1 aromatic heterocycles. The zero-order chi connectivity index (χ0) is 23.3. The molecule has 0 radical (unpaired) electrons. The van der Waals surface area contributed by atoms with Crippen LogP contribution in [-0.2, 0) is 27.8 Å². The summed E-state index contributed by atoms with van der Waals surface area (Å²) >= 11 is 0. The molecule has 0 amide bonds. The third-order valence-electron chi connectivity index (χ3n) is 4.84. The molecule has 4 rings (SSSR count). The van der Waals surface area contributed by atoms with E-state index in [1.54, 1.807) is 30.3 Å². The molecule has 0 atom stereocenters. The van der Waals surface area contributed by atoms with Crippen LogP contribution >= 0.6 is 0 Å². The van der Waals surface area contributed by atoms with Crippen molar-refractivity contribution < 1.29 is 22.5 Å². The molecule has 0 spiro atoms. The number of nitrogens with zero attached hydrogens (tertiary/aromatic N) is 2. The normalized spacial score (nSPS) is 11.2. The maximum Gasteiger partial charge on any atom is 0.338 e. The first kappa shape index (κ1) is 22.2. The number of aromatic nitrogens is 2. The number of sulfonamides is 1. The first-order valence-corrected chi connectivity index (χ1v) is 11.7. The van der Waals surface area contributed by atoms with Crippen LogP contribution in [0.5, 0.6) is 0 Å². The van der Waals surface area contributed by atoms with Gasteiger partial charge in [0.1, 0.15) is 0 Å². The van der Waals surface area contributed by atoms with Crippen LogP contribution in [0.15, 0.2) is 88.3 Å². The number of rotatable bonds is 8. The summed E-state index contributed by atoms with van der Waals surface area (Å²) in [4.78, 5) is 16.6. The fourth-order valence-electron chi connectivity index (χ4n) is 3.02. The van der Waals surface area contributed by atoms with Crippen molar-refractivity contribution in [2.45, 2.75) is 24.8 Å². The highest BCUT2D eigenvalue weighted by atomic mass is 32.2. The molecule has 33 heavy (non-hydrogen) atoms. The molecule has 1 heterocycles. The van der Waals surface area contributed by atoms with E-state index in [1.807, 2.05) is 24.3 Å². The summed E-state index contributed by atoms with van der Waals surface area (Å²) in [6.07, 6.45) is 0.935. The highest BCUT2D eigenvalue weighted by Crippen LogP contribution is 2.19. The van der Waals surface area contributed by atoms with Crippen LogP contribution in [0.4, 0.5) is 5.69 Å². The van der Waals surface area contributed by atoms with Gasteiger partial charge in [0.05, 0.1) is 10.5 Å². The number of esters is 1. The monoisotopic (exact) mass is 463 g/mol. The van der Waals surface area contributed by atoms with E-state index < -0.39 is 16.0 Å². The number of benzene rings is 3. The molecule has 4 aromatic rings. The summed E-state index contributed by atoms with van der Waals surface area (Å²) < 4.78 is 37.8. The Bertz CT molecular complexity index is 1330. The second kappa shape index (κ2) is 9.66. The van der Waals surface area contributed by atoms with Gasteiger partial charge in [-0.1, -0.05) is 54.5 Å². The maximum atomic E-state index is 12.5. The van der Waals surface area contributed by atoms with Crippen molar-refractivity contribution in [3.05, 3.63) is 95.9 Å². The lowest BCUT2D eigenvalue weighted by molar-refractivity contribution is 0.0429. The number of nitrogens with one attached hydrogen (secondary N) is 1. The number of hydrogen-bond acceptors (Lipinski definition) is 7. The predicted octanol–water partition coefficient (Wildman–Crippen LogP) is 4.46. The summed E-state index contributed by atoms with van der Waals surface area (Å²) in [6.45, 7) is 1.87. The molecule has 168 valence electrons. The van der Waals surface area contributed by atoms with Crippen LogP contribution in [-0.4, -0.2) is 24.5 Å². The van der Waals surface area contributed by atoms with Gasteiger partial charge >= 0.3 is 5.97 Å². The number of carbonyl (C=O) groups is 1. The second-order valence-electron chi connectivity index (χ2n) is 7.13. The van der Waals surface area contributed by atoms with Gasteiger partial charge in [0.2, 0.25) is 5.82 Å². The predicted molar refractivity (Wildman–Crippen MR) is 122 cm³/mol. The topological polar surface area (TPSA) is 111 Å². The molecule has 1 N–H and O–H groups in total. The minimum Gasteiger partial charge on any atom is -0.452 e. The lowest BCUT2D eigenvalue weighted by atomic mass is 10.1. The minimum atomic E-state index is -3.77. The van der Waals surface area contributed by atoms with Gasteiger partial charge in [-0.05, 0) is 48.4 Å². The molecular weight excluding hydrogens is 442 g/mol. The highest BCUT2D eigenvalue weighted by molar-refractivity contribution is 7.92. The number of hydrogen-bond donors (Lipinski definition) is 1. The molecule has 0 aliphatic heterocycles. The Morgan fingerprint density at radius 1 is 0.970 bits per heavy atom. The second-order valence-corrected chi connectivity index (χ2v) is 8.82. The van der Waals surface area contributed by atoms with E-state index in [0.717, 1.165) is 12.0 Å². The van der Waals surface area contributed by atoms with E-state index in [9.17, 15) is 13.2 Å². The quantitative estimate of drug-likeness (QED) is 0.384. The van der Waals surface area contributed by atoms with Crippen LogP contribution in [0.1, 0.15) is 28.7 Å². The summed E-state index contributed by atoms with van der Waals surface area (Å²) in [5.41, 5.74) is 2.64. The number of anilines is 1. The Labute approximate surface area is 191 Å². The number of carbonyl (C=O) groups excluding carboxylic acids is 1. The van der Waals surface area contributed by atoms with Crippen molar-refractivity contribution in [3.63, 3.8) is 0 Å². The van der Waals surface area contributed by atoms with Gasteiger partial charge in [-0.2, -0.15) is 4.98 Å². The third kappa shape index (κ3) is 5.45. The Balaban J connectivity index is 1.37. The molecule has 0 aliphatic carbocycles. The zero-order valence-corrected chi connectivity index (χ0v) is 18.6. The van der Waals surface area contributed by atoms with Crippen LogP contribution in [0.25, 0.3) is 11.4 Å². The zero-order valence-electron chi connectivity index (χ0n) is 17.8. The Kier molecular flexibility index (Phi) is 6.50. The standard InChI is InChI=1S/C24H21N3O5S/c1-2-17-8-10-18(11-9-17)23-25-22(32-26-23)16-31-24(28)19-12-14-21(15-13-19)33(29,30)27-20-6-4-3-5-7-20/h3-15,27H,2,16H2,1H3.